The maximum atomic E-state index is 12.7. The van der Waals surface area contributed by atoms with Crippen LogP contribution in [0.5, 0.6) is 0 Å². The van der Waals surface area contributed by atoms with Crippen LogP contribution < -0.4 is 0 Å². The molecule has 17 heavy (non-hydrogen) atoms. The number of rotatable bonds is 8. The molecule has 0 saturated carbocycles. The van der Waals surface area contributed by atoms with Gasteiger partial charge in [-0.2, -0.15) is 0 Å². The highest BCUT2D eigenvalue weighted by Crippen LogP contribution is 2.42. The van der Waals surface area contributed by atoms with E-state index in [0.717, 1.165) is 0 Å². The van der Waals surface area contributed by atoms with E-state index in [-0.39, 0.29) is 5.78 Å². The molecule has 0 aromatic carbocycles. The van der Waals surface area contributed by atoms with Gasteiger partial charge in [-0.05, 0) is 32.1 Å². The third-order valence-electron chi connectivity index (χ3n) is 4.56. The van der Waals surface area contributed by atoms with Crippen LogP contribution in [0.3, 0.4) is 0 Å². The quantitative estimate of drug-likeness (QED) is 0.661. The van der Waals surface area contributed by atoms with Crippen molar-refractivity contribution in [1.82, 2.24) is 0 Å². The molecule has 3 nitrogen and oxygen atoms in total. The van der Waals surface area contributed by atoms with Crippen molar-refractivity contribution in [2.75, 3.05) is 0 Å². The van der Waals surface area contributed by atoms with E-state index < -0.39 is 16.8 Å². The number of ketones is 1. The summed E-state index contributed by atoms with van der Waals surface area (Å²) in [4.78, 5) is 24.2. The van der Waals surface area contributed by atoms with Crippen LogP contribution >= 0.6 is 0 Å². The van der Waals surface area contributed by atoms with Gasteiger partial charge in [-0.15, -0.1) is 0 Å². The minimum absolute atomic E-state index is 0.0741. The van der Waals surface area contributed by atoms with Crippen molar-refractivity contribution in [3.8, 4) is 0 Å². The first kappa shape index (κ1) is 16.1. The lowest BCUT2D eigenvalue weighted by atomic mass is 9.63. The largest absolute Gasteiger partial charge is 0.480 e. The summed E-state index contributed by atoms with van der Waals surface area (Å²) in [5.41, 5.74) is -1.66. The van der Waals surface area contributed by atoms with Gasteiger partial charge in [0, 0.05) is 5.41 Å². The molecule has 0 fully saturated rings. The van der Waals surface area contributed by atoms with Gasteiger partial charge in [-0.3, -0.25) is 9.59 Å². The van der Waals surface area contributed by atoms with Crippen molar-refractivity contribution >= 4 is 11.8 Å². The van der Waals surface area contributed by atoms with Gasteiger partial charge in [-0.25, -0.2) is 0 Å². The molecule has 0 heterocycles. The first-order valence-electron chi connectivity index (χ1n) is 6.69. The maximum Gasteiger partial charge on any atom is 0.317 e. The molecule has 0 radical (unpaired) electrons. The molecule has 0 aliphatic carbocycles. The highest BCUT2D eigenvalue weighted by molar-refractivity contribution is 6.05. The molecule has 0 atom stereocenters. The van der Waals surface area contributed by atoms with E-state index >= 15 is 0 Å². The lowest BCUT2D eigenvalue weighted by molar-refractivity contribution is -0.160. The summed E-state index contributed by atoms with van der Waals surface area (Å²) in [6, 6.07) is 0. The minimum Gasteiger partial charge on any atom is -0.480 e. The van der Waals surface area contributed by atoms with E-state index in [1.54, 1.807) is 13.8 Å². The number of aliphatic carboxylic acids is 1. The first-order chi connectivity index (χ1) is 7.90. The smallest absolute Gasteiger partial charge is 0.317 e. The Morgan fingerprint density at radius 1 is 0.824 bits per heavy atom. The van der Waals surface area contributed by atoms with Gasteiger partial charge >= 0.3 is 5.97 Å². The summed E-state index contributed by atoms with van der Waals surface area (Å²) in [7, 11) is 0. The van der Waals surface area contributed by atoms with Crippen LogP contribution in [0, 0.1) is 10.8 Å². The lowest BCUT2D eigenvalue weighted by Gasteiger charge is -2.37. The summed E-state index contributed by atoms with van der Waals surface area (Å²) >= 11 is 0. The molecule has 0 aromatic rings. The van der Waals surface area contributed by atoms with E-state index in [0.29, 0.717) is 32.1 Å². The van der Waals surface area contributed by atoms with Crippen molar-refractivity contribution in [1.29, 1.82) is 0 Å². The molecular formula is C14H26O3. The SMILES string of the molecule is CCC(CC)(CC)C(=O)C(CC)(CC)C(=O)O. The fraction of sp³-hybridized carbons (Fsp3) is 0.857. The van der Waals surface area contributed by atoms with Gasteiger partial charge in [0.25, 0.3) is 0 Å². The van der Waals surface area contributed by atoms with E-state index in [4.69, 9.17) is 0 Å². The van der Waals surface area contributed by atoms with Crippen molar-refractivity contribution in [3.63, 3.8) is 0 Å². The Labute approximate surface area is 105 Å². The van der Waals surface area contributed by atoms with E-state index in [9.17, 15) is 14.7 Å². The Kier molecular flexibility index (Phi) is 5.86. The second-order valence-electron chi connectivity index (χ2n) is 4.76. The Balaban J connectivity index is 5.56. The molecule has 0 unspecified atom stereocenters. The third-order valence-corrected chi connectivity index (χ3v) is 4.56. The molecule has 0 spiro atoms. The van der Waals surface area contributed by atoms with Crippen molar-refractivity contribution < 1.29 is 14.7 Å². The Morgan fingerprint density at radius 3 is 1.35 bits per heavy atom. The number of hydrogen-bond acceptors (Lipinski definition) is 2. The van der Waals surface area contributed by atoms with E-state index in [1.165, 1.54) is 0 Å². The zero-order valence-electron chi connectivity index (χ0n) is 11.8. The summed E-state index contributed by atoms with van der Waals surface area (Å²) in [6.07, 6.45) is 2.90. The summed E-state index contributed by atoms with van der Waals surface area (Å²) in [5.74, 6) is -1.04. The van der Waals surface area contributed by atoms with Crippen LogP contribution in [0.15, 0.2) is 0 Å². The number of hydrogen-bond donors (Lipinski definition) is 1. The second kappa shape index (κ2) is 6.18. The van der Waals surface area contributed by atoms with Crippen LogP contribution in [0.4, 0.5) is 0 Å². The minimum atomic E-state index is -1.19. The van der Waals surface area contributed by atoms with Gasteiger partial charge in [0.15, 0.2) is 5.78 Å². The average Bonchev–Trinajstić information content (AvgIpc) is 2.34. The van der Waals surface area contributed by atoms with Crippen LogP contribution in [0.25, 0.3) is 0 Å². The van der Waals surface area contributed by atoms with E-state index in [2.05, 4.69) is 0 Å². The van der Waals surface area contributed by atoms with Crippen LogP contribution in [-0.4, -0.2) is 16.9 Å². The number of carbonyl (C=O) groups is 2. The number of Topliss-reactive ketones (excluding diaryl/α,β-unsaturated/α-hetero) is 1. The lowest BCUT2D eigenvalue weighted by Crippen LogP contribution is -2.47. The second-order valence-corrected chi connectivity index (χ2v) is 4.76. The van der Waals surface area contributed by atoms with E-state index in [1.807, 2.05) is 20.8 Å². The standard InChI is InChI=1S/C14H26O3/c1-6-13(7-2,8-3)11(15)14(9-4,10-5)12(16)17/h6-10H2,1-5H3,(H,16,17). The fourth-order valence-electron chi connectivity index (χ4n) is 2.71. The molecule has 0 aliphatic rings. The third kappa shape index (κ3) is 2.53. The zero-order valence-corrected chi connectivity index (χ0v) is 11.8. The van der Waals surface area contributed by atoms with Crippen molar-refractivity contribution in [3.05, 3.63) is 0 Å². The fourth-order valence-corrected chi connectivity index (χ4v) is 2.71. The molecule has 0 rings (SSSR count). The van der Waals surface area contributed by atoms with Crippen LogP contribution in [0.1, 0.15) is 66.7 Å². The molecule has 3 heteroatoms. The summed E-state index contributed by atoms with van der Waals surface area (Å²) in [5, 5.41) is 9.42. The Morgan fingerprint density at radius 2 is 1.18 bits per heavy atom. The first-order valence-corrected chi connectivity index (χ1v) is 6.69. The van der Waals surface area contributed by atoms with Gasteiger partial charge in [0.1, 0.15) is 5.41 Å². The number of carboxylic acid groups (broad SMARTS) is 1. The van der Waals surface area contributed by atoms with Crippen LogP contribution in [0.2, 0.25) is 0 Å². The van der Waals surface area contributed by atoms with Gasteiger partial charge < -0.3 is 5.11 Å². The normalized spacial score (nSPS) is 12.5. The average molecular weight is 242 g/mol. The number of carbonyl (C=O) groups excluding carboxylic acids is 1. The van der Waals surface area contributed by atoms with Crippen LogP contribution in [-0.2, 0) is 9.59 Å². The molecule has 100 valence electrons. The monoisotopic (exact) mass is 242 g/mol. The van der Waals surface area contributed by atoms with Crippen molar-refractivity contribution in [2.45, 2.75) is 66.7 Å². The highest BCUT2D eigenvalue weighted by Gasteiger charge is 2.50. The molecule has 1 N–H and O–H groups in total. The summed E-state index contributed by atoms with van der Waals surface area (Å²) in [6.45, 7) is 9.51. The summed E-state index contributed by atoms with van der Waals surface area (Å²) < 4.78 is 0. The molecule has 0 bridgehead atoms. The van der Waals surface area contributed by atoms with Gasteiger partial charge in [-0.1, -0.05) is 34.6 Å². The predicted molar refractivity (Wildman–Crippen MR) is 69.0 cm³/mol. The highest BCUT2D eigenvalue weighted by atomic mass is 16.4. The Bertz CT molecular complexity index is 265. The zero-order chi connectivity index (χ0) is 13.7. The molecular weight excluding hydrogens is 216 g/mol. The topological polar surface area (TPSA) is 54.4 Å². The maximum absolute atomic E-state index is 12.7. The van der Waals surface area contributed by atoms with Crippen molar-refractivity contribution in [2.24, 2.45) is 10.8 Å². The number of carboxylic acids is 1. The predicted octanol–water partition coefficient (Wildman–Crippen LogP) is 3.66. The molecule has 0 saturated heterocycles. The Hall–Kier alpha value is -0.860. The molecule has 0 amide bonds. The molecule has 0 aromatic heterocycles. The van der Waals surface area contributed by atoms with Gasteiger partial charge in [0.05, 0.1) is 0 Å². The molecule has 0 aliphatic heterocycles. The van der Waals surface area contributed by atoms with Gasteiger partial charge in [0.2, 0.25) is 0 Å².